The van der Waals surface area contributed by atoms with E-state index in [9.17, 15) is 9.59 Å². The molecule has 4 nitrogen and oxygen atoms in total. The van der Waals surface area contributed by atoms with E-state index in [1.54, 1.807) is 17.0 Å². The van der Waals surface area contributed by atoms with Gasteiger partial charge in [-0.2, -0.15) is 12.6 Å². The Hall–Kier alpha value is -1.49. The van der Waals surface area contributed by atoms with Gasteiger partial charge in [0.05, 0.1) is 0 Å². The van der Waals surface area contributed by atoms with E-state index in [1.165, 1.54) is 6.92 Å². The third kappa shape index (κ3) is 2.79. The number of benzene rings is 1. The molecule has 0 radical (unpaired) electrons. The third-order valence-corrected chi connectivity index (χ3v) is 2.95. The summed E-state index contributed by atoms with van der Waals surface area (Å²) >= 11 is 4.31. The molecule has 0 saturated carbocycles. The van der Waals surface area contributed by atoms with Crippen molar-refractivity contribution in [2.75, 3.05) is 16.8 Å². The molecule has 1 aliphatic rings. The van der Waals surface area contributed by atoms with Crippen LogP contribution in [0.2, 0.25) is 0 Å². The zero-order valence-electron chi connectivity index (χ0n) is 9.51. The van der Waals surface area contributed by atoms with Gasteiger partial charge in [0.2, 0.25) is 11.8 Å². The number of nitrogens with zero attached hydrogens (tertiary/aromatic N) is 1. The van der Waals surface area contributed by atoms with Crippen LogP contribution < -0.4 is 10.2 Å². The molecule has 5 heteroatoms. The van der Waals surface area contributed by atoms with Crippen LogP contribution in [0.3, 0.4) is 0 Å². The van der Waals surface area contributed by atoms with E-state index >= 15 is 0 Å². The number of thiol groups is 1. The monoisotopic (exact) mass is 250 g/mol. The molecule has 0 bridgehead atoms. The quantitative estimate of drug-likeness (QED) is 0.785. The lowest BCUT2D eigenvalue weighted by atomic mass is 10.2. The summed E-state index contributed by atoms with van der Waals surface area (Å²) in [6.07, 6.45) is 0.483. The predicted octanol–water partition coefficient (Wildman–Crippen LogP) is 1.68. The van der Waals surface area contributed by atoms with Crippen LogP contribution in [0.15, 0.2) is 24.3 Å². The topological polar surface area (TPSA) is 49.4 Å². The SMILES string of the molecule is CC(=O)Nc1ccc(N2CC(S)CC2=O)cc1. The molecule has 2 rings (SSSR count). The van der Waals surface area contributed by atoms with Crippen LogP contribution in [0.4, 0.5) is 11.4 Å². The Morgan fingerprint density at radius 1 is 1.41 bits per heavy atom. The molecule has 1 heterocycles. The molecule has 1 atom stereocenters. The molecule has 1 fully saturated rings. The number of anilines is 2. The number of carbonyl (C=O) groups excluding carboxylic acids is 2. The molecule has 17 heavy (non-hydrogen) atoms. The molecule has 1 aromatic carbocycles. The van der Waals surface area contributed by atoms with Crippen LogP contribution in [-0.4, -0.2) is 23.6 Å². The maximum atomic E-state index is 11.7. The Kier molecular flexibility index (Phi) is 3.38. The second-order valence-electron chi connectivity index (χ2n) is 4.09. The van der Waals surface area contributed by atoms with Crippen LogP contribution in [0.1, 0.15) is 13.3 Å². The van der Waals surface area contributed by atoms with Gasteiger partial charge in [0.25, 0.3) is 0 Å². The van der Waals surface area contributed by atoms with Gasteiger partial charge in [0.15, 0.2) is 0 Å². The fourth-order valence-electron chi connectivity index (χ4n) is 1.87. The Labute approximate surface area is 105 Å². The number of hydrogen-bond acceptors (Lipinski definition) is 3. The van der Waals surface area contributed by atoms with Crippen molar-refractivity contribution in [3.63, 3.8) is 0 Å². The van der Waals surface area contributed by atoms with Crippen molar-refractivity contribution >= 4 is 35.8 Å². The second-order valence-corrected chi connectivity index (χ2v) is 4.82. The van der Waals surface area contributed by atoms with E-state index in [0.717, 1.165) is 11.4 Å². The van der Waals surface area contributed by atoms with Crippen molar-refractivity contribution in [3.8, 4) is 0 Å². The van der Waals surface area contributed by atoms with Gasteiger partial charge >= 0.3 is 0 Å². The van der Waals surface area contributed by atoms with Crippen LogP contribution in [-0.2, 0) is 9.59 Å². The van der Waals surface area contributed by atoms with Gasteiger partial charge in [0, 0.05) is 36.5 Å². The highest BCUT2D eigenvalue weighted by Crippen LogP contribution is 2.25. The highest BCUT2D eigenvalue weighted by molar-refractivity contribution is 7.81. The lowest BCUT2D eigenvalue weighted by Gasteiger charge is -2.16. The first-order valence-corrected chi connectivity index (χ1v) is 5.94. The van der Waals surface area contributed by atoms with Gasteiger partial charge in [-0.05, 0) is 24.3 Å². The normalized spacial score (nSPS) is 19.5. The third-order valence-electron chi connectivity index (χ3n) is 2.60. The lowest BCUT2D eigenvalue weighted by molar-refractivity contribution is -0.117. The molecule has 1 aliphatic heterocycles. The molecule has 0 spiro atoms. The van der Waals surface area contributed by atoms with Crippen LogP contribution in [0.5, 0.6) is 0 Å². The van der Waals surface area contributed by atoms with E-state index in [1.807, 2.05) is 12.1 Å². The molecule has 1 aromatic rings. The number of amides is 2. The summed E-state index contributed by atoms with van der Waals surface area (Å²) in [6, 6.07) is 7.23. The molecule has 90 valence electrons. The summed E-state index contributed by atoms with van der Waals surface area (Å²) in [4.78, 5) is 24.2. The average Bonchev–Trinajstić information content (AvgIpc) is 2.58. The van der Waals surface area contributed by atoms with Gasteiger partial charge in [-0.15, -0.1) is 0 Å². The fourth-order valence-corrected chi connectivity index (χ4v) is 2.19. The van der Waals surface area contributed by atoms with E-state index in [0.29, 0.717) is 13.0 Å². The summed E-state index contributed by atoms with van der Waals surface area (Å²) < 4.78 is 0. The molecular weight excluding hydrogens is 236 g/mol. The van der Waals surface area contributed by atoms with Gasteiger partial charge in [-0.1, -0.05) is 0 Å². The molecule has 2 amide bonds. The summed E-state index contributed by atoms with van der Waals surface area (Å²) in [5.74, 6) is -0.0114. The summed E-state index contributed by atoms with van der Waals surface area (Å²) in [5, 5.41) is 2.79. The first-order valence-electron chi connectivity index (χ1n) is 5.42. The second kappa shape index (κ2) is 4.79. The van der Waals surface area contributed by atoms with E-state index in [2.05, 4.69) is 17.9 Å². The minimum Gasteiger partial charge on any atom is -0.326 e. The van der Waals surface area contributed by atoms with Crippen molar-refractivity contribution in [2.45, 2.75) is 18.6 Å². The fraction of sp³-hybridized carbons (Fsp3) is 0.333. The first kappa shape index (κ1) is 12.0. The van der Waals surface area contributed by atoms with E-state index in [4.69, 9.17) is 0 Å². The summed E-state index contributed by atoms with van der Waals surface area (Å²) in [5.41, 5.74) is 1.58. The maximum Gasteiger partial charge on any atom is 0.228 e. The molecule has 1 saturated heterocycles. The predicted molar refractivity (Wildman–Crippen MR) is 70.5 cm³/mol. The Morgan fingerprint density at radius 2 is 2.06 bits per heavy atom. The lowest BCUT2D eigenvalue weighted by Crippen LogP contribution is -2.24. The van der Waals surface area contributed by atoms with Crippen LogP contribution in [0, 0.1) is 0 Å². The Morgan fingerprint density at radius 3 is 2.53 bits per heavy atom. The highest BCUT2D eigenvalue weighted by Gasteiger charge is 2.27. The standard InChI is InChI=1S/C12H14N2O2S/c1-8(15)13-9-2-4-10(5-3-9)14-7-11(17)6-12(14)16/h2-5,11,17H,6-7H2,1H3,(H,13,15). The Balaban J connectivity index is 2.12. The minimum absolute atomic E-state index is 0.0947. The summed E-state index contributed by atoms with van der Waals surface area (Å²) in [6.45, 7) is 2.10. The molecule has 1 N–H and O–H groups in total. The van der Waals surface area contributed by atoms with E-state index < -0.39 is 0 Å². The highest BCUT2D eigenvalue weighted by atomic mass is 32.1. The van der Waals surface area contributed by atoms with Crippen molar-refractivity contribution in [2.24, 2.45) is 0 Å². The number of nitrogens with one attached hydrogen (secondary N) is 1. The number of carbonyl (C=O) groups is 2. The van der Waals surface area contributed by atoms with Crippen molar-refractivity contribution < 1.29 is 9.59 Å². The zero-order valence-corrected chi connectivity index (χ0v) is 10.4. The van der Waals surface area contributed by atoms with Gasteiger partial charge in [-0.25, -0.2) is 0 Å². The van der Waals surface area contributed by atoms with E-state index in [-0.39, 0.29) is 17.1 Å². The maximum absolute atomic E-state index is 11.7. The minimum atomic E-state index is -0.106. The average molecular weight is 250 g/mol. The van der Waals surface area contributed by atoms with Crippen molar-refractivity contribution in [1.82, 2.24) is 0 Å². The molecule has 0 aromatic heterocycles. The molecule has 1 unspecified atom stereocenters. The molecule has 0 aliphatic carbocycles. The summed E-state index contributed by atoms with van der Waals surface area (Å²) in [7, 11) is 0. The number of hydrogen-bond donors (Lipinski definition) is 2. The number of rotatable bonds is 2. The largest absolute Gasteiger partial charge is 0.326 e. The van der Waals surface area contributed by atoms with Gasteiger partial charge < -0.3 is 10.2 Å². The van der Waals surface area contributed by atoms with Crippen LogP contribution >= 0.6 is 12.6 Å². The van der Waals surface area contributed by atoms with Gasteiger partial charge in [-0.3, -0.25) is 9.59 Å². The van der Waals surface area contributed by atoms with Crippen LogP contribution in [0.25, 0.3) is 0 Å². The van der Waals surface area contributed by atoms with Crippen molar-refractivity contribution in [3.05, 3.63) is 24.3 Å². The Bertz CT molecular complexity index is 444. The smallest absolute Gasteiger partial charge is 0.228 e. The van der Waals surface area contributed by atoms with Gasteiger partial charge in [0.1, 0.15) is 0 Å². The van der Waals surface area contributed by atoms with Crippen molar-refractivity contribution in [1.29, 1.82) is 0 Å². The molecular formula is C12H14N2O2S. The first-order chi connectivity index (χ1) is 8.06. The zero-order chi connectivity index (χ0) is 12.4.